The van der Waals surface area contributed by atoms with Crippen molar-refractivity contribution in [3.05, 3.63) is 41.0 Å². The fourth-order valence-corrected chi connectivity index (χ4v) is 3.04. The molecule has 1 aromatic carbocycles. The Labute approximate surface area is 166 Å². The third-order valence-corrected chi connectivity index (χ3v) is 4.80. The minimum absolute atomic E-state index is 0.119. The van der Waals surface area contributed by atoms with E-state index >= 15 is 0 Å². The predicted octanol–water partition coefficient (Wildman–Crippen LogP) is 2.58. The SMILES string of the molecule is CC(NC(=O)CCl)C1CN(C(=O)c2cc(-c3ccc(Cl)cc3)on2)CCO1. The summed E-state index contributed by atoms with van der Waals surface area (Å²) in [7, 11) is 0. The molecule has 0 radical (unpaired) electrons. The number of morpholine rings is 1. The number of nitrogens with zero attached hydrogens (tertiary/aromatic N) is 2. The molecule has 1 aliphatic rings. The van der Waals surface area contributed by atoms with E-state index in [-0.39, 0.29) is 35.5 Å². The van der Waals surface area contributed by atoms with Gasteiger partial charge in [-0.2, -0.15) is 0 Å². The maximum Gasteiger partial charge on any atom is 0.276 e. The van der Waals surface area contributed by atoms with Crippen molar-refractivity contribution in [3.63, 3.8) is 0 Å². The van der Waals surface area contributed by atoms with E-state index in [0.717, 1.165) is 5.56 Å². The molecule has 0 spiro atoms. The van der Waals surface area contributed by atoms with Crippen LogP contribution in [0.2, 0.25) is 5.02 Å². The van der Waals surface area contributed by atoms with E-state index in [4.69, 9.17) is 32.5 Å². The summed E-state index contributed by atoms with van der Waals surface area (Å²) in [6.07, 6.45) is -0.322. The third-order valence-electron chi connectivity index (χ3n) is 4.31. The van der Waals surface area contributed by atoms with Gasteiger partial charge in [-0.1, -0.05) is 16.8 Å². The van der Waals surface area contributed by atoms with Gasteiger partial charge in [-0.05, 0) is 31.2 Å². The standard InChI is InChI=1S/C18H19Cl2N3O4/c1-11(21-17(24)9-19)16-10-23(6-7-26-16)18(25)14-8-15(27-22-14)12-2-4-13(20)5-3-12/h2-5,8,11,16H,6-7,9-10H2,1H3,(H,21,24). The van der Waals surface area contributed by atoms with E-state index in [1.54, 1.807) is 35.2 Å². The fourth-order valence-electron chi connectivity index (χ4n) is 2.84. The van der Waals surface area contributed by atoms with Crippen LogP contribution in [0.5, 0.6) is 0 Å². The topological polar surface area (TPSA) is 84.7 Å². The molecule has 2 aromatic rings. The second-order valence-corrected chi connectivity index (χ2v) is 6.94. The summed E-state index contributed by atoms with van der Waals surface area (Å²) in [6.45, 7) is 2.97. The molecule has 1 saturated heterocycles. The summed E-state index contributed by atoms with van der Waals surface area (Å²) in [6, 6.07) is 8.41. The summed E-state index contributed by atoms with van der Waals surface area (Å²) >= 11 is 11.4. The van der Waals surface area contributed by atoms with Crippen LogP contribution >= 0.6 is 23.2 Å². The maximum atomic E-state index is 12.8. The Hall–Kier alpha value is -2.09. The van der Waals surface area contributed by atoms with Crippen LogP contribution in [0, 0.1) is 0 Å². The van der Waals surface area contributed by atoms with Crippen LogP contribution < -0.4 is 5.32 Å². The molecule has 2 unspecified atom stereocenters. The minimum atomic E-state index is -0.322. The number of halogens is 2. The Morgan fingerprint density at radius 2 is 2.11 bits per heavy atom. The van der Waals surface area contributed by atoms with Gasteiger partial charge < -0.3 is 19.5 Å². The second-order valence-electron chi connectivity index (χ2n) is 6.23. The lowest BCUT2D eigenvalue weighted by molar-refractivity contribution is -0.121. The van der Waals surface area contributed by atoms with Gasteiger partial charge in [-0.25, -0.2) is 0 Å². The first-order chi connectivity index (χ1) is 13.0. The number of rotatable bonds is 5. The van der Waals surface area contributed by atoms with Crippen molar-refractivity contribution in [1.82, 2.24) is 15.4 Å². The quantitative estimate of drug-likeness (QED) is 0.764. The molecule has 1 aromatic heterocycles. The van der Waals surface area contributed by atoms with Gasteiger partial charge in [0, 0.05) is 29.7 Å². The highest BCUT2D eigenvalue weighted by Crippen LogP contribution is 2.23. The number of aromatic nitrogens is 1. The summed E-state index contributed by atoms with van der Waals surface area (Å²) in [4.78, 5) is 25.9. The van der Waals surface area contributed by atoms with Crippen molar-refractivity contribution < 1.29 is 18.8 Å². The molecule has 0 saturated carbocycles. The van der Waals surface area contributed by atoms with Crippen molar-refractivity contribution in [2.24, 2.45) is 0 Å². The molecule has 144 valence electrons. The lowest BCUT2D eigenvalue weighted by Crippen LogP contribution is -2.53. The molecule has 1 N–H and O–H groups in total. The van der Waals surface area contributed by atoms with Gasteiger partial charge in [0.05, 0.1) is 18.8 Å². The molecule has 2 heterocycles. The van der Waals surface area contributed by atoms with Crippen molar-refractivity contribution >= 4 is 35.0 Å². The Kier molecular flexibility index (Phi) is 6.36. The van der Waals surface area contributed by atoms with Gasteiger partial charge in [0.2, 0.25) is 5.91 Å². The number of alkyl halides is 1. The largest absolute Gasteiger partial charge is 0.372 e. The average Bonchev–Trinajstić information content (AvgIpc) is 3.18. The highest BCUT2D eigenvalue weighted by atomic mass is 35.5. The van der Waals surface area contributed by atoms with Crippen LogP contribution in [-0.2, 0) is 9.53 Å². The lowest BCUT2D eigenvalue weighted by atomic mass is 10.1. The molecule has 7 nitrogen and oxygen atoms in total. The van der Waals surface area contributed by atoms with Crippen LogP contribution in [0.3, 0.4) is 0 Å². The van der Waals surface area contributed by atoms with Gasteiger partial charge in [0.25, 0.3) is 5.91 Å². The fraction of sp³-hybridized carbons (Fsp3) is 0.389. The Morgan fingerprint density at radius 3 is 2.81 bits per heavy atom. The summed E-state index contributed by atoms with van der Waals surface area (Å²) < 4.78 is 11.0. The van der Waals surface area contributed by atoms with Crippen LogP contribution in [0.25, 0.3) is 11.3 Å². The number of carbonyl (C=O) groups is 2. The van der Waals surface area contributed by atoms with Crippen molar-refractivity contribution in [2.45, 2.75) is 19.1 Å². The molecule has 1 fully saturated rings. The van der Waals surface area contributed by atoms with E-state index in [9.17, 15) is 9.59 Å². The molecular weight excluding hydrogens is 393 g/mol. The third kappa shape index (κ3) is 4.80. The van der Waals surface area contributed by atoms with Crippen molar-refractivity contribution in [2.75, 3.05) is 25.6 Å². The van der Waals surface area contributed by atoms with Gasteiger partial charge >= 0.3 is 0 Å². The number of hydrogen-bond acceptors (Lipinski definition) is 5. The number of ether oxygens (including phenoxy) is 1. The Morgan fingerprint density at radius 1 is 1.37 bits per heavy atom. The van der Waals surface area contributed by atoms with Gasteiger partial charge in [0.1, 0.15) is 5.88 Å². The number of hydrogen-bond donors (Lipinski definition) is 1. The normalized spacial score (nSPS) is 18.2. The second kappa shape index (κ2) is 8.73. The molecule has 27 heavy (non-hydrogen) atoms. The molecule has 3 rings (SSSR count). The van der Waals surface area contributed by atoms with Crippen molar-refractivity contribution in [3.8, 4) is 11.3 Å². The summed E-state index contributed by atoms with van der Waals surface area (Å²) in [5.74, 6) is -0.155. The number of carbonyl (C=O) groups excluding carboxylic acids is 2. The first-order valence-corrected chi connectivity index (χ1v) is 9.38. The lowest BCUT2D eigenvalue weighted by Gasteiger charge is -2.35. The minimum Gasteiger partial charge on any atom is -0.372 e. The van der Waals surface area contributed by atoms with Crippen LogP contribution in [0.4, 0.5) is 0 Å². The summed E-state index contributed by atoms with van der Waals surface area (Å²) in [5, 5.41) is 7.26. The van der Waals surface area contributed by atoms with E-state index in [2.05, 4.69) is 10.5 Å². The van der Waals surface area contributed by atoms with E-state index < -0.39 is 0 Å². The van der Waals surface area contributed by atoms with E-state index in [1.165, 1.54) is 0 Å². The molecule has 1 aliphatic heterocycles. The Balaban J connectivity index is 1.67. The molecule has 2 amide bonds. The number of nitrogens with one attached hydrogen (secondary N) is 1. The van der Waals surface area contributed by atoms with Gasteiger partial charge in [0.15, 0.2) is 11.5 Å². The Bertz CT molecular complexity index is 809. The predicted molar refractivity (Wildman–Crippen MR) is 101 cm³/mol. The zero-order chi connectivity index (χ0) is 19.4. The van der Waals surface area contributed by atoms with Gasteiger partial charge in [-0.15, -0.1) is 11.6 Å². The molecule has 0 aliphatic carbocycles. The molecule has 9 heteroatoms. The summed E-state index contributed by atoms with van der Waals surface area (Å²) in [5.41, 5.74) is 1.00. The first-order valence-electron chi connectivity index (χ1n) is 8.47. The highest BCUT2D eigenvalue weighted by Gasteiger charge is 2.30. The molecular formula is C18H19Cl2N3O4. The average molecular weight is 412 g/mol. The zero-order valence-corrected chi connectivity index (χ0v) is 16.2. The monoisotopic (exact) mass is 411 g/mol. The van der Waals surface area contributed by atoms with E-state index in [1.807, 2.05) is 6.92 Å². The van der Waals surface area contributed by atoms with E-state index in [0.29, 0.717) is 30.5 Å². The molecule has 0 bridgehead atoms. The highest BCUT2D eigenvalue weighted by molar-refractivity contribution is 6.30. The zero-order valence-electron chi connectivity index (χ0n) is 14.7. The van der Waals surface area contributed by atoms with Crippen molar-refractivity contribution in [1.29, 1.82) is 0 Å². The number of amides is 2. The van der Waals surface area contributed by atoms with Crippen LogP contribution in [0.1, 0.15) is 17.4 Å². The maximum absolute atomic E-state index is 12.8. The smallest absolute Gasteiger partial charge is 0.276 e. The van der Waals surface area contributed by atoms with Crippen LogP contribution in [-0.4, -0.2) is 59.6 Å². The van der Waals surface area contributed by atoms with Crippen LogP contribution in [0.15, 0.2) is 34.9 Å². The molecule has 2 atom stereocenters. The number of benzene rings is 1. The first kappa shape index (κ1) is 19.7. The van der Waals surface area contributed by atoms with Gasteiger partial charge in [-0.3, -0.25) is 9.59 Å².